The summed E-state index contributed by atoms with van der Waals surface area (Å²) in [6.45, 7) is 7.16. The Morgan fingerprint density at radius 1 is 1.06 bits per heavy atom. The molecule has 6 nitrogen and oxygen atoms in total. The number of nitrogens with zero attached hydrogens (tertiary/aromatic N) is 3. The summed E-state index contributed by atoms with van der Waals surface area (Å²) in [5.74, 6) is 0.777. The van der Waals surface area contributed by atoms with E-state index in [1.165, 1.54) is 25.7 Å². The predicted octanol–water partition coefficient (Wildman–Crippen LogP) is 5.41. The highest BCUT2D eigenvalue weighted by atomic mass is 16.5. The number of amides is 1. The van der Waals surface area contributed by atoms with Gasteiger partial charge in [-0.2, -0.15) is 5.10 Å². The van der Waals surface area contributed by atoms with Crippen LogP contribution in [0.15, 0.2) is 30.3 Å². The quantitative estimate of drug-likeness (QED) is 0.509. The molecule has 2 heterocycles. The van der Waals surface area contributed by atoms with E-state index in [1.54, 1.807) is 0 Å². The maximum absolute atomic E-state index is 12.9. The Balaban J connectivity index is 1.48. The van der Waals surface area contributed by atoms with Crippen molar-refractivity contribution in [1.29, 1.82) is 0 Å². The molecule has 0 spiro atoms. The van der Waals surface area contributed by atoms with Gasteiger partial charge in [-0.1, -0.05) is 38.8 Å². The van der Waals surface area contributed by atoms with Crippen molar-refractivity contribution in [3.8, 4) is 16.9 Å². The van der Waals surface area contributed by atoms with Crippen LogP contribution in [-0.2, 0) is 6.42 Å². The van der Waals surface area contributed by atoms with Crippen LogP contribution in [0.5, 0.6) is 5.75 Å². The molecule has 2 aromatic rings. The first kappa shape index (κ1) is 24.6. The molecule has 2 fully saturated rings. The van der Waals surface area contributed by atoms with Crippen LogP contribution in [-0.4, -0.2) is 52.8 Å². The average molecular weight is 465 g/mol. The predicted molar refractivity (Wildman–Crippen MR) is 136 cm³/mol. The fraction of sp³-hybridized carbons (Fsp3) is 0.607. The van der Waals surface area contributed by atoms with Gasteiger partial charge in [-0.3, -0.25) is 9.69 Å². The summed E-state index contributed by atoms with van der Waals surface area (Å²) in [4.78, 5) is 15.4. The van der Waals surface area contributed by atoms with Gasteiger partial charge >= 0.3 is 0 Å². The lowest BCUT2D eigenvalue weighted by molar-refractivity contribution is 0.0935. The first-order valence-corrected chi connectivity index (χ1v) is 13.3. The number of hydrogen-bond acceptors (Lipinski definition) is 5. The minimum Gasteiger partial charge on any atom is -0.490 e. The molecule has 2 aliphatic rings. The summed E-state index contributed by atoms with van der Waals surface area (Å²) in [5.41, 5.74) is 3.39. The maximum Gasteiger partial charge on any atom is 0.271 e. The van der Waals surface area contributed by atoms with Gasteiger partial charge in [-0.25, -0.2) is 0 Å². The van der Waals surface area contributed by atoms with Crippen LogP contribution < -0.4 is 10.1 Å². The molecular weight excluding hydrogens is 424 g/mol. The van der Waals surface area contributed by atoms with E-state index in [4.69, 9.17) is 4.74 Å². The van der Waals surface area contributed by atoms with E-state index in [2.05, 4.69) is 46.4 Å². The van der Waals surface area contributed by atoms with Crippen LogP contribution >= 0.6 is 0 Å². The van der Waals surface area contributed by atoms with E-state index >= 15 is 0 Å². The Hall–Kier alpha value is -2.47. The minimum atomic E-state index is -0.143. The summed E-state index contributed by atoms with van der Waals surface area (Å²) in [6.07, 6.45) is 11.8. The van der Waals surface area contributed by atoms with Gasteiger partial charge in [-0.05, 0) is 88.2 Å². The van der Waals surface area contributed by atoms with Gasteiger partial charge in [0.05, 0.1) is 11.8 Å². The standard InChI is InChI=1S/C28H40N4O2/c1-3-5-13-26-25(21-14-16-24(17-15-21)34-23-11-7-6-8-12-23)19-27(31-30-26)28(33)29-20-22-10-9-18-32(22)4-2/h14-17,19,22-23H,3-13,18,20H2,1-2H3,(H,29,33). The number of unbranched alkanes of at least 4 members (excludes halogenated alkanes) is 1. The molecule has 1 atom stereocenters. The SMILES string of the molecule is CCCCc1nnc(C(=O)NCC2CCCN2CC)cc1-c1ccc(OC2CCCCC2)cc1. The molecule has 1 N–H and O–H groups in total. The van der Waals surface area contributed by atoms with E-state index < -0.39 is 0 Å². The highest BCUT2D eigenvalue weighted by molar-refractivity contribution is 5.93. The van der Waals surface area contributed by atoms with Gasteiger partial charge in [0, 0.05) is 18.2 Å². The van der Waals surface area contributed by atoms with E-state index in [9.17, 15) is 4.79 Å². The average Bonchev–Trinajstić information content (AvgIpc) is 3.35. The van der Waals surface area contributed by atoms with Gasteiger partial charge in [0.2, 0.25) is 0 Å². The van der Waals surface area contributed by atoms with Crippen molar-refractivity contribution in [1.82, 2.24) is 20.4 Å². The summed E-state index contributed by atoms with van der Waals surface area (Å²) in [6, 6.07) is 10.6. The Kier molecular flexibility index (Phi) is 8.91. The second kappa shape index (κ2) is 12.3. The molecule has 1 saturated carbocycles. The van der Waals surface area contributed by atoms with Crippen molar-refractivity contribution < 1.29 is 9.53 Å². The zero-order valence-corrected chi connectivity index (χ0v) is 20.9. The Bertz CT molecular complexity index is 925. The summed E-state index contributed by atoms with van der Waals surface area (Å²) < 4.78 is 6.21. The fourth-order valence-corrected chi connectivity index (χ4v) is 5.24. The molecule has 184 valence electrons. The van der Waals surface area contributed by atoms with Crippen LogP contribution in [0.4, 0.5) is 0 Å². The highest BCUT2D eigenvalue weighted by Gasteiger charge is 2.24. The lowest BCUT2D eigenvalue weighted by Crippen LogP contribution is -2.40. The van der Waals surface area contributed by atoms with Crippen molar-refractivity contribution >= 4 is 5.91 Å². The molecule has 1 aliphatic carbocycles. The second-order valence-electron chi connectivity index (χ2n) is 9.73. The smallest absolute Gasteiger partial charge is 0.271 e. The topological polar surface area (TPSA) is 67.4 Å². The molecule has 1 aromatic carbocycles. The molecule has 1 saturated heterocycles. The number of likely N-dealkylation sites (tertiary alicyclic amines) is 1. The lowest BCUT2D eigenvalue weighted by atomic mass is 9.97. The summed E-state index contributed by atoms with van der Waals surface area (Å²) >= 11 is 0. The van der Waals surface area contributed by atoms with Gasteiger partial charge < -0.3 is 10.1 Å². The van der Waals surface area contributed by atoms with Crippen molar-refractivity contribution in [2.75, 3.05) is 19.6 Å². The number of aromatic nitrogens is 2. The highest BCUT2D eigenvalue weighted by Crippen LogP contribution is 2.28. The molecule has 34 heavy (non-hydrogen) atoms. The van der Waals surface area contributed by atoms with E-state index in [0.717, 1.165) is 74.2 Å². The maximum atomic E-state index is 12.9. The molecule has 0 radical (unpaired) electrons. The van der Waals surface area contributed by atoms with Crippen LogP contribution in [0.3, 0.4) is 0 Å². The van der Waals surface area contributed by atoms with Crippen molar-refractivity contribution in [2.45, 2.75) is 90.2 Å². The summed E-state index contributed by atoms with van der Waals surface area (Å²) in [5, 5.41) is 11.9. The van der Waals surface area contributed by atoms with Gasteiger partial charge in [-0.15, -0.1) is 5.10 Å². The van der Waals surface area contributed by atoms with Crippen LogP contribution in [0.2, 0.25) is 0 Å². The number of carbonyl (C=O) groups excluding carboxylic acids is 1. The van der Waals surface area contributed by atoms with E-state index in [-0.39, 0.29) is 5.91 Å². The van der Waals surface area contributed by atoms with Gasteiger partial charge in [0.25, 0.3) is 5.91 Å². The zero-order valence-electron chi connectivity index (χ0n) is 20.9. The fourth-order valence-electron chi connectivity index (χ4n) is 5.24. The van der Waals surface area contributed by atoms with Crippen LogP contribution in [0, 0.1) is 0 Å². The van der Waals surface area contributed by atoms with Crippen molar-refractivity contribution in [2.24, 2.45) is 0 Å². The lowest BCUT2D eigenvalue weighted by Gasteiger charge is -2.23. The number of nitrogens with one attached hydrogen (secondary N) is 1. The van der Waals surface area contributed by atoms with E-state index in [0.29, 0.717) is 24.4 Å². The third-order valence-electron chi connectivity index (χ3n) is 7.29. The van der Waals surface area contributed by atoms with E-state index in [1.807, 2.05) is 18.2 Å². The largest absolute Gasteiger partial charge is 0.490 e. The molecule has 6 heteroatoms. The molecule has 1 amide bonds. The Morgan fingerprint density at radius 3 is 2.59 bits per heavy atom. The molecule has 0 bridgehead atoms. The first-order valence-electron chi connectivity index (χ1n) is 13.3. The minimum absolute atomic E-state index is 0.143. The number of ether oxygens (including phenoxy) is 1. The second-order valence-corrected chi connectivity index (χ2v) is 9.73. The normalized spacial score (nSPS) is 19.3. The number of rotatable bonds is 10. The molecule has 1 aromatic heterocycles. The van der Waals surface area contributed by atoms with Crippen molar-refractivity contribution in [3.05, 3.63) is 41.7 Å². The van der Waals surface area contributed by atoms with Crippen LogP contribution in [0.25, 0.3) is 11.1 Å². The monoisotopic (exact) mass is 464 g/mol. The Morgan fingerprint density at radius 2 is 1.85 bits per heavy atom. The zero-order chi connectivity index (χ0) is 23.8. The molecule has 1 aliphatic heterocycles. The number of likely N-dealkylation sites (N-methyl/N-ethyl adjacent to an activating group) is 1. The van der Waals surface area contributed by atoms with Crippen LogP contribution in [0.1, 0.15) is 87.8 Å². The first-order chi connectivity index (χ1) is 16.7. The Labute approximate surface area is 204 Å². The number of carbonyl (C=O) groups is 1. The number of aryl methyl sites for hydroxylation is 1. The molecule has 1 unspecified atom stereocenters. The van der Waals surface area contributed by atoms with Crippen molar-refractivity contribution in [3.63, 3.8) is 0 Å². The third-order valence-corrected chi connectivity index (χ3v) is 7.29. The molecular formula is C28H40N4O2. The number of hydrogen-bond donors (Lipinski definition) is 1. The number of benzene rings is 1. The van der Waals surface area contributed by atoms with Gasteiger partial charge in [0.1, 0.15) is 5.75 Å². The third kappa shape index (κ3) is 6.35. The van der Waals surface area contributed by atoms with Gasteiger partial charge in [0.15, 0.2) is 5.69 Å². The molecule has 4 rings (SSSR count). The summed E-state index contributed by atoms with van der Waals surface area (Å²) in [7, 11) is 0.